The van der Waals surface area contributed by atoms with Crippen LogP contribution in [-0.4, -0.2) is 43.2 Å². The predicted molar refractivity (Wildman–Crippen MR) is 105 cm³/mol. The van der Waals surface area contributed by atoms with Crippen LogP contribution in [0, 0.1) is 0 Å². The minimum absolute atomic E-state index is 0.235. The summed E-state index contributed by atoms with van der Waals surface area (Å²) in [6.07, 6.45) is 18.4. The van der Waals surface area contributed by atoms with Crippen molar-refractivity contribution in [2.75, 3.05) is 19.8 Å². The van der Waals surface area contributed by atoms with Gasteiger partial charge in [-0.1, -0.05) is 90.4 Å². The summed E-state index contributed by atoms with van der Waals surface area (Å²) in [6.45, 7) is 3.95. The van der Waals surface area contributed by atoms with Gasteiger partial charge in [0.1, 0.15) is 6.10 Å². The van der Waals surface area contributed by atoms with Crippen molar-refractivity contribution in [2.45, 2.75) is 115 Å². The average Bonchev–Trinajstić information content (AvgIpc) is 2.93. The highest BCUT2D eigenvalue weighted by molar-refractivity contribution is 4.85. The fraction of sp³-hybridized carbons (Fsp3) is 1.00. The average molecular weight is 358 g/mol. The molecule has 4 heteroatoms. The van der Waals surface area contributed by atoms with E-state index >= 15 is 0 Å². The van der Waals surface area contributed by atoms with Crippen molar-refractivity contribution in [1.29, 1.82) is 0 Å². The Morgan fingerprint density at radius 3 is 1.76 bits per heavy atom. The van der Waals surface area contributed by atoms with Crippen molar-refractivity contribution in [3.8, 4) is 0 Å². The Bertz CT molecular complexity index is 288. The van der Waals surface area contributed by atoms with Gasteiger partial charge >= 0.3 is 0 Å². The van der Waals surface area contributed by atoms with Crippen LogP contribution < -0.4 is 5.73 Å². The van der Waals surface area contributed by atoms with Crippen molar-refractivity contribution in [2.24, 2.45) is 5.73 Å². The molecule has 0 unspecified atom stereocenters. The van der Waals surface area contributed by atoms with Gasteiger partial charge in [-0.2, -0.15) is 0 Å². The second-order valence-corrected chi connectivity index (χ2v) is 7.70. The second kappa shape index (κ2) is 16.0. The first-order valence-corrected chi connectivity index (χ1v) is 10.9. The van der Waals surface area contributed by atoms with E-state index in [1.807, 2.05) is 0 Å². The zero-order valence-electron chi connectivity index (χ0n) is 16.6. The summed E-state index contributed by atoms with van der Waals surface area (Å²) >= 11 is 0. The molecule has 0 radical (unpaired) electrons. The first-order chi connectivity index (χ1) is 12.3. The normalized spacial score (nSPS) is 23.4. The molecule has 0 aromatic rings. The Morgan fingerprint density at radius 1 is 0.840 bits per heavy atom. The lowest BCUT2D eigenvalue weighted by Crippen LogP contribution is -2.38. The number of hydrogen-bond acceptors (Lipinski definition) is 4. The van der Waals surface area contributed by atoms with Gasteiger partial charge in [-0.05, 0) is 6.42 Å². The van der Waals surface area contributed by atoms with Crippen molar-refractivity contribution in [1.82, 2.24) is 0 Å². The SMILES string of the molecule is CCCCCCCCCCCCCCCCOC[C@@H]1OC[C@H](N)[C@H]1O. The van der Waals surface area contributed by atoms with Gasteiger partial charge in [0, 0.05) is 6.61 Å². The van der Waals surface area contributed by atoms with E-state index in [0.29, 0.717) is 13.2 Å². The maximum atomic E-state index is 9.75. The summed E-state index contributed by atoms with van der Waals surface area (Å²) in [7, 11) is 0. The van der Waals surface area contributed by atoms with E-state index in [1.54, 1.807) is 0 Å². The first-order valence-electron chi connectivity index (χ1n) is 10.9. The molecule has 0 saturated carbocycles. The Hall–Kier alpha value is -0.160. The number of aliphatic hydroxyl groups excluding tert-OH is 1. The summed E-state index contributed by atoms with van der Waals surface area (Å²) in [5.41, 5.74) is 5.70. The number of hydrogen-bond donors (Lipinski definition) is 2. The molecule has 3 N–H and O–H groups in total. The van der Waals surface area contributed by atoms with E-state index in [-0.39, 0.29) is 12.1 Å². The lowest BCUT2D eigenvalue weighted by Gasteiger charge is -2.15. The molecule has 1 heterocycles. The zero-order valence-corrected chi connectivity index (χ0v) is 16.6. The van der Waals surface area contributed by atoms with Gasteiger partial charge in [0.25, 0.3) is 0 Å². The van der Waals surface area contributed by atoms with Gasteiger partial charge in [0.15, 0.2) is 0 Å². The molecule has 0 aromatic heterocycles. The lowest BCUT2D eigenvalue weighted by molar-refractivity contribution is -0.0251. The maximum absolute atomic E-state index is 9.75. The van der Waals surface area contributed by atoms with Crippen molar-refractivity contribution >= 4 is 0 Å². The van der Waals surface area contributed by atoms with E-state index in [4.69, 9.17) is 15.2 Å². The summed E-state index contributed by atoms with van der Waals surface area (Å²) in [6, 6.07) is -0.255. The quantitative estimate of drug-likeness (QED) is 0.374. The minimum atomic E-state index is -0.573. The van der Waals surface area contributed by atoms with Crippen LogP contribution in [0.2, 0.25) is 0 Å². The summed E-state index contributed by atoms with van der Waals surface area (Å²) < 4.78 is 11.0. The topological polar surface area (TPSA) is 64.7 Å². The standard InChI is InChI=1S/C21H43NO3/c1-2-3-4-5-6-7-8-9-10-11-12-13-14-15-16-24-18-20-21(23)19(22)17-25-20/h19-21,23H,2-18,22H2,1H3/t19-,20-,21+/m0/s1. The highest BCUT2D eigenvalue weighted by atomic mass is 16.5. The van der Waals surface area contributed by atoms with Gasteiger partial charge < -0.3 is 20.3 Å². The van der Waals surface area contributed by atoms with Crippen LogP contribution in [0.3, 0.4) is 0 Å². The number of aliphatic hydroxyl groups is 1. The Balaban J connectivity index is 1.71. The minimum Gasteiger partial charge on any atom is -0.389 e. The molecule has 150 valence electrons. The van der Waals surface area contributed by atoms with Gasteiger partial charge in [0.05, 0.1) is 25.4 Å². The molecule has 0 amide bonds. The lowest BCUT2D eigenvalue weighted by atomic mass is 10.0. The van der Waals surface area contributed by atoms with Gasteiger partial charge in [-0.25, -0.2) is 0 Å². The largest absolute Gasteiger partial charge is 0.389 e. The van der Waals surface area contributed by atoms with Crippen molar-refractivity contribution in [3.63, 3.8) is 0 Å². The molecular weight excluding hydrogens is 314 g/mol. The summed E-state index contributed by atoms with van der Waals surface area (Å²) in [5.74, 6) is 0. The Labute approximate surface area is 155 Å². The fourth-order valence-electron chi connectivity index (χ4n) is 3.45. The molecule has 3 atom stereocenters. The number of unbranched alkanes of at least 4 members (excludes halogenated alkanes) is 13. The molecule has 1 aliphatic heterocycles. The molecule has 1 saturated heterocycles. The molecular formula is C21H43NO3. The summed E-state index contributed by atoms with van der Waals surface area (Å²) in [5, 5.41) is 9.75. The van der Waals surface area contributed by atoms with Crippen LogP contribution in [0.5, 0.6) is 0 Å². The van der Waals surface area contributed by atoms with Crippen molar-refractivity contribution < 1.29 is 14.6 Å². The van der Waals surface area contributed by atoms with Gasteiger partial charge in [0.2, 0.25) is 0 Å². The van der Waals surface area contributed by atoms with Crippen LogP contribution in [0.15, 0.2) is 0 Å². The molecule has 1 fully saturated rings. The molecule has 1 rings (SSSR count). The van der Waals surface area contributed by atoms with Crippen molar-refractivity contribution in [3.05, 3.63) is 0 Å². The van der Waals surface area contributed by atoms with Gasteiger partial charge in [-0.15, -0.1) is 0 Å². The second-order valence-electron chi connectivity index (χ2n) is 7.70. The molecule has 25 heavy (non-hydrogen) atoms. The maximum Gasteiger partial charge on any atom is 0.108 e. The van der Waals surface area contributed by atoms with E-state index in [9.17, 15) is 5.11 Å². The third kappa shape index (κ3) is 12.0. The van der Waals surface area contributed by atoms with Gasteiger partial charge in [-0.3, -0.25) is 0 Å². The van der Waals surface area contributed by atoms with Crippen LogP contribution in [0.4, 0.5) is 0 Å². The number of ether oxygens (including phenoxy) is 2. The van der Waals surface area contributed by atoms with E-state index in [0.717, 1.165) is 13.0 Å². The van der Waals surface area contributed by atoms with Crippen LogP contribution in [-0.2, 0) is 9.47 Å². The summed E-state index contributed by atoms with van der Waals surface area (Å²) in [4.78, 5) is 0. The van der Waals surface area contributed by atoms with Crippen LogP contribution >= 0.6 is 0 Å². The molecule has 0 aliphatic carbocycles. The molecule has 0 aromatic carbocycles. The first kappa shape index (κ1) is 22.9. The van der Waals surface area contributed by atoms with E-state index in [2.05, 4.69) is 6.92 Å². The molecule has 0 spiro atoms. The van der Waals surface area contributed by atoms with E-state index in [1.165, 1.54) is 83.5 Å². The zero-order chi connectivity index (χ0) is 18.2. The van der Waals surface area contributed by atoms with E-state index < -0.39 is 6.10 Å². The third-order valence-corrected chi connectivity index (χ3v) is 5.25. The van der Waals surface area contributed by atoms with Crippen LogP contribution in [0.25, 0.3) is 0 Å². The number of nitrogens with two attached hydrogens (primary N) is 1. The Morgan fingerprint density at radius 2 is 1.32 bits per heavy atom. The molecule has 0 bridgehead atoms. The highest BCUT2D eigenvalue weighted by Gasteiger charge is 2.33. The fourth-order valence-corrected chi connectivity index (χ4v) is 3.45. The monoisotopic (exact) mass is 357 g/mol. The molecule has 4 nitrogen and oxygen atoms in total. The highest BCUT2D eigenvalue weighted by Crippen LogP contribution is 2.14. The predicted octanol–water partition coefficient (Wildman–Crippen LogP) is 4.57. The van der Waals surface area contributed by atoms with Crippen LogP contribution in [0.1, 0.15) is 96.8 Å². The molecule has 1 aliphatic rings. The smallest absolute Gasteiger partial charge is 0.108 e. The number of rotatable bonds is 17. The third-order valence-electron chi connectivity index (χ3n) is 5.25. The Kier molecular flexibility index (Phi) is 14.7.